The number of carbonyl (C=O) groups excluding carboxylic acids is 2. The summed E-state index contributed by atoms with van der Waals surface area (Å²) in [5.74, 6) is 1.29. The molecule has 1 spiro atoms. The topological polar surface area (TPSA) is 65.1 Å². The van der Waals surface area contributed by atoms with Crippen LogP contribution < -0.4 is 9.47 Å². The van der Waals surface area contributed by atoms with E-state index in [0.717, 1.165) is 23.1 Å². The fourth-order valence-corrected chi connectivity index (χ4v) is 4.51. The van der Waals surface area contributed by atoms with Crippen molar-refractivity contribution in [3.8, 4) is 11.5 Å². The molecular weight excluding hydrogens is 334 g/mol. The maximum absolute atomic E-state index is 12.3. The van der Waals surface area contributed by atoms with Gasteiger partial charge in [0.05, 0.1) is 27.4 Å². The highest BCUT2D eigenvalue weighted by atomic mass is 16.5. The van der Waals surface area contributed by atoms with Gasteiger partial charge in [-0.1, -0.05) is 12.2 Å². The number of amides is 1. The van der Waals surface area contributed by atoms with E-state index in [0.29, 0.717) is 24.5 Å². The molecule has 3 aliphatic rings. The van der Waals surface area contributed by atoms with E-state index >= 15 is 0 Å². The summed E-state index contributed by atoms with van der Waals surface area (Å²) in [5, 5.41) is 0. The van der Waals surface area contributed by atoms with Gasteiger partial charge in [-0.2, -0.15) is 0 Å². The molecule has 1 amide bonds. The van der Waals surface area contributed by atoms with Crippen molar-refractivity contribution in [2.75, 3.05) is 27.9 Å². The fourth-order valence-electron chi connectivity index (χ4n) is 4.51. The average molecular weight is 355 g/mol. The number of hydrogen-bond acceptors (Lipinski definition) is 5. The number of carbonyl (C=O) groups is 2. The Bertz CT molecular complexity index is 838. The molecule has 1 heterocycles. The van der Waals surface area contributed by atoms with Crippen molar-refractivity contribution >= 4 is 11.9 Å². The van der Waals surface area contributed by atoms with Gasteiger partial charge in [-0.3, -0.25) is 4.79 Å². The van der Waals surface area contributed by atoms with Gasteiger partial charge in [0.2, 0.25) is 0 Å². The molecule has 1 unspecified atom stereocenters. The van der Waals surface area contributed by atoms with Crippen LogP contribution in [0.25, 0.3) is 0 Å². The minimum absolute atomic E-state index is 0.0394. The van der Waals surface area contributed by atoms with Gasteiger partial charge in [-0.05, 0) is 42.2 Å². The van der Waals surface area contributed by atoms with Gasteiger partial charge in [-0.25, -0.2) is 4.79 Å². The zero-order chi connectivity index (χ0) is 18.5. The molecule has 136 valence electrons. The summed E-state index contributed by atoms with van der Waals surface area (Å²) < 4.78 is 16.3. The van der Waals surface area contributed by atoms with Crippen molar-refractivity contribution in [1.29, 1.82) is 0 Å². The summed E-state index contributed by atoms with van der Waals surface area (Å²) in [7, 11) is 4.64. The van der Waals surface area contributed by atoms with Crippen LogP contribution in [0.4, 0.5) is 4.79 Å². The predicted molar refractivity (Wildman–Crippen MR) is 94.7 cm³/mol. The summed E-state index contributed by atoms with van der Waals surface area (Å²) in [5.41, 5.74) is 2.72. The number of methoxy groups -OCH3 is 3. The van der Waals surface area contributed by atoms with E-state index in [2.05, 4.69) is 0 Å². The molecule has 0 saturated heterocycles. The second-order valence-corrected chi connectivity index (χ2v) is 6.80. The van der Waals surface area contributed by atoms with Crippen LogP contribution in [0.3, 0.4) is 0 Å². The fraction of sp³-hybridized carbons (Fsp3) is 0.400. The molecule has 0 bridgehead atoms. The summed E-state index contributed by atoms with van der Waals surface area (Å²) in [6, 6.07) is 1.88. The number of fused-ring (bicyclic) bond motifs is 1. The summed E-state index contributed by atoms with van der Waals surface area (Å²) >= 11 is 0. The standard InChI is InChI=1S/C20H21NO5/c1-24-15-10-12-6-9-21(19(23)26-3)14-11-20(7-4-13(22)5-8-20)17(16(12)14)18(15)25-2/h4-5,7-8,10,14H,6,9,11H2,1-3H3. The number of ketones is 1. The molecule has 1 aromatic rings. The van der Waals surface area contributed by atoms with E-state index in [1.54, 1.807) is 31.3 Å². The maximum atomic E-state index is 12.3. The van der Waals surface area contributed by atoms with Gasteiger partial charge in [-0.15, -0.1) is 0 Å². The van der Waals surface area contributed by atoms with Gasteiger partial charge in [0.1, 0.15) is 0 Å². The Balaban J connectivity index is 1.98. The van der Waals surface area contributed by atoms with Crippen molar-refractivity contribution in [3.63, 3.8) is 0 Å². The largest absolute Gasteiger partial charge is 0.493 e. The Labute approximate surface area is 152 Å². The summed E-state index contributed by atoms with van der Waals surface area (Å²) in [4.78, 5) is 25.8. The van der Waals surface area contributed by atoms with Crippen LogP contribution in [-0.4, -0.2) is 44.7 Å². The third-order valence-electron chi connectivity index (χ3n) is 5.62. The molecular formula is C20H21NO5. The minimum Gasteiger partial charge on any atom is -0.493 e. The van der Waals surface area contributed by atoms with Crippen molar-refractivity contribution < 1.29 is 23.8 Å². The highest BCUT2D eigenvalue weighted by Crippen LogP contribution is 2.58. The molecule has 6 heteroatoms. The molecule has 0 radical (unpaired) electrons. The zero-order valence-electron chi connectivity index (χ0n) is 15.1. The summed E-state index contributed by atoms with van der Waals surface area (Å²) in [6.07, 6.45) is 8.04. The van der Waals surface area contributed by atoms with Gasteiger partial charge < -0.3 is 19.1 Å². The average Bonchev–Trinajstić information content (AvgIpc) is 2.99. The van der Waals surface area contributed by atoms with Gasteiger partial charge in [0.15, 0.2) is 17.3 Å². The lowest BCUT2D eigenvalue weighted by atomic mass is 9.77. The number of allylic oxidation sites excluding steroid dienone is 4. The maximum Gasteiger partial charge on any atom is 0.410 e. The third-order valence-corrected chi connectivity index (χ3v) is 5.62. The Morgan fingerprint density at radius 1 is 1.19 bits per heavy atom. The smallest absolute Gasteiger partial charge is 0.410 e. The lowest BCUT2D eigenvalue weighted by molar-refractivity contribution is -0.110. The molecule has 1 aliphatic heterocycles. The molecule has 4 rings (SSSR count). The van der Waals surface area contributed by atoms with Crippen molar-refractivity contribution in [1.82, 2.24) is 4.90 Å². The van der Waals surface area contributed by atoms with E-state index in [-0.39, 0.29) is 17.9 Å². The first-order valence-electron chi connectivity index (χ1n) is 8.60. The molecule has 1 aromatic carbocycles. The Morgan fingerprint density at radius 2 is 1.92 bits per heavy atom. The molecule has 0 saturated carbocycles. The minimum atomic E-state index is -0.501. The SMILES string of the molecule is COC(=O)N1CCc2cc(OC)c(OC)c3c2C1CC31C=CC(=O)C=C1. The van der Waals surface area contributed by atoms with Crippen LogP contribution in [0.5, 0.6) is 11.5 Å². The quantitative estimate of drug-likeness (QED) is 0.816. The first kappa shape index (κ1) is 16.7. The predicted octanol–water partition coefficient (Wildman–Crippen LogP) is 2.71. The van der Waals surface area contributed by atoms with E-state index in [4.69, 9.17) is 14.2 Å². The monoisotopic (exact) mass is 355 g/mol. The molecule has 1 atom stereocenters. The number of ether oxygens (including phenoxy) is 3. The first-order chi connectivity index (χ1) is 12.5. The van der Waals surface area contributed by atoms with Crippen molar-refractivity contribution in [2.45, 2.75) is 24.3 Å². The van der Waals surface area contributed by atoms with E-state index in [9.17, 15) is 9.59 Å². The molecule has 2 aliphatic carbocycles. The van der Waals surface area contributed by atoms with E-state index in [1.807, 2.05) is 18.2 Å². The molecule has 0 N–H and O–H groups in total. The molecule has 0 fully saturated rings. The van der Waals surface area contributed by atoms with Crippen LogP contribution in [0.2, 0.25) is 0 Å². The van der Waals surface area contributed by atoms with E-state index in [1.165, 1.54) is 7.11 Å². The van der Waals surface area contributed by atoms with Gasteiger partial charge >= 0.3 is 6.09 Å². The number of rotatable bonds is 2. The van der Waals surface area contributed by atoms with Crippen LogP contribution in [0, 0.1) is 0 Å². The Hall–Kier alpha value is -2.76. The van der Waals surface area contributed by atoms with Crippen LogP contribution >= 0.6 is 0 Å². The molecule has 0 aromatic heterocycles. The third kappa shape index (κ3) is 2.18. The second-order valence-electron chi connectivity index (χ2n) is 6.80. The number of nitrogens with zero attached hydrogens (tertiary/aromatic N) is 1. The molecule has 6 nitrogen and oxygen atoms in total. The van der Waals surface area contributed by atoms with Gasteiger partial charge in [0.25, 0.3) is 0 Å². The highest BCUT2D eigenvalue weighted by molar-refractivity contribution is 6.01. The number of hydrogen-bond donors (Lipinski definition) is 0. The second kappa shape index (κ2) is 5.90. The Morgan fingerprint density at radius 3 is 2.54 bits per heavy atom. The highest BCUT2D eigenvalue weighted by Gasteiger charge is 2.50. The first-order valence-corrected chi connectivity index (χ1v) is 8.60. The van der Waals surface area contributed by atoms with Gasteiger partial charge in [0, 0.05) is 17.5 Å². The lowest BCUT2D eigenvalue weighted by Crippen LogP contribution is -2.39. The van der Waals surface area contributed by atoms with Crippen LogP contribution in [-0.2, 0) is 21.4 Å². The molecule has 26 heavy (non-hydrogen) atoms. The van der Waals surface area contributed by atoms with Crippen LogP contribution in [0.15, 0.2) is 30.4 Å². The summed E-state index contributed by atoms with van der Waals surface area (Å²) in [6.45, 7) is 0.585. The number of benzene rings is 1. The lowest BCUT2D eigenvalue weighted by Gasteiger charge is -2.34. The van der Waals surface area contributed by atoms with Crippen LogP contribution in [0.1, 0.15) is 29.2 Å². The normalized spacial score (nSPS) is 21.7. The zero-order valence-corrected chi connectivity index (χ0v) is 15.1. The Kier molecular flexibility index (Phi) is 3.79. The van der Waals surface area contributed by atoms with E-state index < -0.39 is 5.41 Å². The van der Waals surface area contributed by atoms with Crippen molar-refractivity contribution in [2.24, 2.45) is 0 Å². The van der Waals surface area contributed by atoms with Crippen molar-refractivity contribution in [3.05, 3.63) is 47.1 Å².